The van der Waals surface area contributed by atoms with Crippen molar-refractivity contribution in [3.63, 3.8) is 0 Å². The summed E-state index contributed by atoms with van der Waals surface area (Å²) in [6.07, 6.45) is 2.35. The van der Waals surface area contributed by atoms with Gasteiger partial charge < -0.3 is 0 Å². The average molecular weight is 282 g/mol. The van der Waals surface area contributed by atoms with Crippen LogP contribution in [0, 0.1) is 5.92 Å². The van der Waals surface area contributed by atoms with Crippen LogP contribution >= 0.6 is 38.9 Å². The largest absolute Gasteiger partial charge is 0.128 e. The summed E-state index contributed by atoms with van der Waals surface area (Å²) in [4.78, 5) is 1.97. The third kappa shape index (κ3) is 3.61. The Hall–Kier alpha value is 0.470. The van der Waals surface area contributed by atoms with Crippen LogP contribution in [-0.2, 0) is 6.42 Å². The maximum Gasteiger partial charge on any atom is 0.0931 e. The van der Waals surface area contributed by atoms with Crippen molar-refractivity contribution < 1.29 is 0 Å². The Bertz CT molecular complexity index is 257. The number of alkyl halides is 1. The van der Waals surface area contributed by atoms with Crippen LogP contribution in [0.3, 0.4) is 0 Å². The topological polar surface area (TPSA) is 0 Å². The van der Waals surface area contributed by atoms with Gasteiger partial charge in [-0.3, -0.25) is 0 Å². The van der Waals surface area contributed by atoms with E-state index >= 15 is 0 Å². The van der Waals surface area contributed by atoms with Crippen molar-refractivity contribution in [1.82, 2.24) is 0 Å². The van der Waals surface area contributed by atoms with E-state index in [1.54, 1.807) is 11.3 Å². The lowest BCUT2D eigenvalue weighted by Gasteiger charge is -2.16. The Morgan fingerprint density at radius 1 is 1.54 bits per heavy atom. The Morgan fingerprint density at radius 3 is 2.62 bits per heavy atom. The minimum Gasteiger partial charge on any atom is -0.128 e. The van der Waals surface area contributed by atoms with Crippen LogP contribution < -0.4 is 0 Å². The van der Waals surface area contributed by atoms with E-state index in [1.165, 1.54) is 11.3 Å². The molecular weight excluding hydrogens is 268 g/mol. The lowest BCUT2D eigenvalue weighted by Crippen LogP contribution is -2.12. The van der Waals surface area contributed by atoms with Crippen LogP contribution in [0.4, 0.5) is 0 Å². The monoisotopic (exact) mass is 280 g/mol. The highest BCUT2D eigenvalue weighted by Gasteiger charge is 2.13. The van der Waals surface area contributed by atoms with Crippen LogP contribution in [0.15, 0.2) is 12.1 Å². The molecular formula is C10H14BrClS. The summed E-state index contributed by atoms with van der Waals surface area (Å²) < 4.78 is 0.895. The van der Waals surface area contributed by atoms with E-state index in [1.807, 2.05) is 6.07 Å². The second-order valence-electron chi connectivity index (χ2n) is 3.26. The highest BCUT2D eigenvalue weighted by Crippen LogP contribution is 2.27. The Balaban J connectivity index is 2.56. The highest BCUT2D eigenvalue weighted by molar-refractivity contribution is 9.09. The molecule has 0 aliphatic rings. The molecule has 0 amide bonds. The normalized spacial score (nSPS) is 15.7. The molecule has 1 heterocycles. The summed E-state index contributed by atoms with van der Waals surface area (Å²) in [7, 11) is 0. The van der Waals surface area contributed by atoms with Crippen molar-refractivity contribution in [2.45, 2.75) is 31.5 Å². The minimum atomic E-state index is 0.582. The maximum atomic E-state index is 5.87. The zero-order valence-corrected chi connectivity index (χ0v) is 11.0. The van der Waals surface area contributed by atoms with E-state index in [-0.39, 0.29) is 0 Å². The fraction of sp³-hybridized carbons (Fsp3) is 0.600. The van der Waals surface area contributed by atoms with Gasteiger partial charge in [-0.25, -0.2) is 0 Å². The van der Waals surface area contributed by atoms with E-state index in [0.717, 1.165) is 16.7 Å². The second kappa shape index (κ2) is 5.38. The molecule has 0 aromatic carbocycles. The fourth-order valence-corrected chi connectivity index (χ4v) is 3.09. The maximum absolute atomic E-state index is 5.87. The van der Waals surface area contributed by atoms with Crippen LogP contribution in [0.2, 0.25) is 4.34 Å². The van der Waals surface area contributed by atoms with Gasteiger partial charge in [-0.1, -0.05) is 47.8 Å². The van der Waals surface area contributed by atoms with Crippen molar-refractivity contribution in [1.29, 1.82) is 0 Å². The number of hydrogen-bond acceptors (Lipinski definition) is 1. The number of hydrogen-bond donors (Lipinski definition) is 0. The van der Waals surface area contributed by atoms with Gasteiger partial charge in [0.05, 0.1) is 4.34 Å². The van der Waals surface area contributed by atoms with Crippen LogP contribution in [0.25, 0.3) is 0 Å². The number of halogens is 2. The van der Waals surface area contributed by atoms with Crippen LogP contribution in [0.1, 0.15) is 25.1 Å². The predicted octanol–water partition coefficient (Wildman–Crippen LogP) is 4.75. The average Bonchev–Trinajstić information content (AvgIpc) is 2.46. The van der Waals surface area contributed by atoms with E-state index < -0.39 is 0 Å². The molecule has 1 rings (SSSR count). The van der Waals surface area contributed by atoms with Crippen LogP contribution in [0.5, 0.6) is 0 Å². The quantitative estimate of drug-likeness (QED) is 0.699. The van der Waals surface area contributed by atoms with E-state index in [2.05, 4.69) is 35.8 Å². The summed E-state index contributed by atoms with van der Waals surface area (Å²) in [5.74, 6) is 0.717. The third-order valence-corrected chi connectivity index (χ3v) is 4.27. The predicted molar refractivity (Wildman–Crippen MR) is 65.2 cm³/mol. The SMILES string of the molecule is CCC(Cc1ccc(Cl)s1)C(C)Br. The molecule has 0 fully saturated rings. The molecule has 0 radical (unpaired) electrons. The molecule has 74 valence electrons. The molecule has 1 aromatic rings. The molecule has 0 spiro atoms. The van der Waals surface area contributed by atoms with Gasteiger partial charge in [0.15, 0.2) is 0 Å². The molecule has 3 heteroatoms. The molecule has 0 aliphatic carbocycles. The van der Waals surface area contributed by atoms with Crippen molar-refractivity contribution in [3.05, 3.63) is 21.3 Å². The number of thiophene rings is 1. The van der Waals surface area contributed by atoms with Crippen molar-refractivity contribution in [3.8, 4) is 0 Å². The van der Waals surface area contributed by atoms with Gasteiger partial charge in [0.1, 0.15) is 0 Å². The van der Waals surface area contributed by atoms with Gasteiger partial charge in [0, 0.05) is 9.70 Å². The zero-order chi connectivity index (χ0) is 9.84. The fourth-order valence-electron chi connectivity index (χ4n) is 1.35. The van der Waals surface area contributed by atoms with Crippen LogP contribution in [-0.4, -0.2) is 4.83 Å². The molecule has 0 saturated heterocycles. The first-order valence-corrected chi connectivity index (χ1v) is 6.62. The second-order valence-corrected chi connectivity index (χ2v) is 6.50. The summed E-state index contributed by atoms with van der Waals surface area (Å²) in [6.45, 7) is 4.45. The van der Waals surface area contributed by atoms with Gasteiger partial charge in [-0.15, -0.1) is 11.3 Å². The Kier molecular flexibility index (Phi) is 4.77. The summed E-state index contributed by atoms with van der Waals surface area (Å²) in [6, 6.07) is 4.11. The molecule has 0 N–H and O–H groups in total. The van der Waals surface area contributed by atoms with Gasteiger partial charge in [-0.05, 0) is 24.5 Å². The highest BCUT2D eigenvalue weighted by atomic mass is 79.9. The lowest BCUT2D eigenvalue weighted by atomic mass is 9.99. The molecule has 1 aromatic heterocycles. The molecule has 0 aliphatic heterocycles. The van der Waals surface area contributed by atoms with Gasteiger partial charge in [0.2, 0.25) is 0 Å². The molecule has 0 saturated carbocycles. The summed E-state index contributed by atoms with van der Waals surface area (Å²) in [5.41, 5.74) is 0. The summed E-state index contributed by atoms with van der Waals surface area (Å²) in [5, 5.41) is 0. The van der Waals surface area contributed by atoms with Gasteiger partial charge in [0.25, 0.3) is 0 Å². The lowest BCUT2D eigenvalue weighted by molar-refractivity contribution is 0.512. The van der Waals surface area contributed by atoms with E-state index in [4.69, 9.17) is 11.6 Å². The summed E-state index contributed by atoms with van der Waals surface area (Å²) >= 11 is 11.2. The van der Waals surface area contributed by atoms with Crippen molar-refractivity contribution in [2.75, 3.05) is 0 Å². The smallest absolute Gasteiger partial charge is 0.0931 e. The molecule has 2 atom stereocenters. The zero-order valence-electron chi connectivity index (χ0n) is 7.89. The molecule has 0 nitrogen and oxygen atoms in total. The first kappa shape index (κ1) is 11.5. The molecule has 13 heavy (non-hydrogen) atoms. The number of rotatable bonds is 4. The third-order valence-electron chi connectivity index (χ3n) is 2.27. The molecule has 0 bridgehead atoms. The van der Waals surface area contributed by atoms with E-state index in [9.17, 15) is 0 Å². The Labute approximate surface area is 97.4 Å². The first-order chi connectivity index (χ1) is 6.13. The Morgan fingerprint density at radius 2 is 2.23 bits per heavy atom. The van der Waals surface area contributed by atoms with Crippen molar-refractivity contribution in [2.24, 2.45) is 5.92 Å². The van der Waals surface area contributed by atoms with Gasteiger partial charge in [-0.2, -0.15) is 0 Å². The van der Waals surface area contributed by atoms with Crippen molar-refractivity contribution >= 4 is 38.9 Å². The first-order valence-electron chi connectivity index (χ1n) is 4.51. The molecule has 2 unspecified atom stereocenters. The standard InChI is InChI=1S/C10H14BrClS/c1-3-8(7(2)11)6-9-4-5-10(12)13-9/h4-5,7-8H,3,6H2,1-2H3. The minimum absolute atomic E-state index is 0.582. The van der Waals surface area contributed by atoms with E-state index in [0.29, 0.717) is 4.83 Å². The van der Waals surface area contributed by atoms with Gasteiger partial charge >= 0.3 is 0 Å².